The number of hydrogen-bond acceptors (Lipinski definition) is 2. The molecular weight excluding hydrogens is 217 g/mol. The lowest BCUT2D eigenvalue weighted by molar-refractivity contribution is -0.0538. The Hall–Kier alpha value is -1.09. The number of hydrogen-bond donors (Lipinski definition) is 1. The van der Waals surface area contributed by atoms with Crippen molar-refractivity contribution in [1.82, 2.24) is 5.32 Å². The van der Waals surface area contributed by atoms with Gasteiger partial charge in [-0.15, -0.1) is 0 Å². The van der Waals surface area contributed by atoms with E-state index in [0.717, 1.165) is 12.0 Å². The van der Waals surface area contributed by atoms with E-state index < -0.39 is 0 Å². The Balaban J connectivity index is 2.10. The number of nitrogens with one attached hydrogen (secondary N) is 1. The highest BCUT2D eigenvalue weighted by atomic mass is 19.1. The summed E-state index contributed by atoms with van der Waals surface area (Å²) in [6, 6.07) is 5.43. The molecule has 0 bridgehead atoms. The van der Waals surface area contributed by atoms with Crippen LogP contribution in [-0.4, -0.2) is 19.2 Å². The van der Waals surface area contributed by atoms with Crippen LogP contribution in [0.1, 0.15) is 25.8 Å². The second-order valence-electron chi connectivity index (χ2n) is 5.44. The van der Waals surface area contributed by atoms with Crippen molar-refractivity contribution in [2.75, 3.05) is 7.05 Å². The molecule has 0 amide bonds. The van der Waals surface area contributed by atoms with E-state index in [2.05, 4.69) is 19.2 Å². The summed E-state index contributed by atoms with van der Waals surface area (Å²) in [5.74, 6) is 0.0944. The Kier molecular flexibility index (Phi) is 3.13. The molecule has 0 radical (unpaired) electrons. The van der Waals surface area contributed by atoms with Gasteiger partial charge in [0, 0.05) is 17.9 Å². The second kappa shape index (κ2) is 4.30. The summed E-state index contributed by atoms with van der Waals surface area (Å²) in [6.45, 7) is 6.24. The Morgan fingerprint density at radius 1 is 1.41 bits per heavy atom. The van der Waals surface area contributed by atoms with Crippen molar-refractivity contribution in [3.05, 3.63) is 29.6 Å². The van der Waals surface area contributed by atoms with Gasteiger partial charge in [0.2, 0.25) is 0 Å². The zero-order valence-corrected chi connectivity index (χ0v) is 10.9. The number of benzene rings is 1. The van der Waals surface area contributed by atoms with E-state index in [-0.39, 0.29) is 17.3 Å². The van der Waals surface area contributed by atoms with Gasteiger partial charge >= 0.3 is 0 Å². The monoisotopic (exact) mass is 237 g/mol. The number of aryl methyl sites for hydroxylation is 1. The average Bonchev–Trinajstić information content (AvgIpc) is 2.28. The van der Waals surface area contributed by atoms with E-state index >= 15 is 0 Å². The SMILES string of the molecule is CNC1CC(Oc2cc(C)ccc2F)C1(C)C. The van der Waals surface area contributed by atoms with Gasteiger partial charge in [0.1, 0.15) is 6.10 Å². The smallest absolute Gasteiger partial charge is 0.165 e. The lowest BCUT2D eigenvalue weighted by Gasteiger charge is -2.51. The van der Waals surface area contributed by atoms with E-state index in [1.165, 1.54) is 6.07 Å². The van der Waals surface area contributed by atoms with Gasteiger partial charge in [-0.3, -0.25) is 0 Å². The molecule has 0 aromatic heterocycles. The molecule has 3 heteroatoms. The van der Waals surface area contributed by atoms with E-state index in [0.29, 0.717) is 11.8 Å². The van der Waals surface area contributed by atoms with E-state index in [1.54, 1.807) is 12.1 Å². The van der Waals surface area contributed by atoms with Crippen LogP contribution in [-0.2, 0) is 0 Å². The van der Waals surface area contributed by atoms with Crippen molar-refractivity contribution in [3.8, 4) is 5.75 Å². The molecular formula is C14H20FNO. The average molecular weight is 237 g/mol. The molecule has 0 heterocycles. The van der Waals surface area contributed by atoms with E-state index in [4.69, 9.17) is 4.74 Å². The van der Waals surface area contributed by atoms with Crippen LogP contribution in [0.3, 0.4) is 0 Å². The largest absolute Gasteiger partial charge is 0.487 e. The predicted octanol–water partition coefficient (Wildman–Crippen LogP) is 2.90. The Bertz CT molecular complexity index is 417. The van der Waals surface area contributed by atoms with Crippen molar-refractivity contribution < 1.29 is 9.13 Å². The summed E-state index contributed by atoms with van der Waals surface area (Å²) in [4.78, 5) is 0. The van der Waals surface area contributed by atoms with Gasteiger partial charge in [0.25, 0.3) is 0 Å². The van der Waals surface area contributed by atoms with Crippen LogP contribution in [0.5, 0.6) is 5.75 Å². The first kappa shape index (κ1) is 12.4. The molecule has 0 spiro atoms. The highest BCUT2D eigenvalue weighted by molar-refractivity contribution is 5.30. The van der Waals surface area contributed by atoms with E-state index in [9.17, 15) is 4.39 Å². The first-order valence-electron chi connectivity index (χ1n) is 6.05. The zero-order chi connectivity index (χ0) is 12.6. The van der Waals surface area contributed by atoms with Crippen LogP contribution in [0, 0.1) is 18.2 Å². The molecule has 1 saturated carbocycles. The number of halogens is 1. The first-order chi connectivity index (χ1) is 7.95. The summed E-state index contributed by atoms with van der Waals surface area (Å²) < 4.78 is 19.4. The highest BCUT2D eigenvalue weighted by Crippen LogP contribution is 2.43. The van der Waals surface area contributed by atoms with Gasteiger partial charge in [-0.1, -0.05) is 19.9 Å². The fraction of sp³-hybridized carbons (Fsp3) is 0.571. The van der Waals surface area contributed by atoms with Crippen molar-refractivity contribution in [1.29, 1.82) is 0 Å². The van der Waals surface area contributed by atoms with E-state index in [1.807, 2.05) is 14.0 Å². The molecule has 1 N–H and O–H groups in total. The molecule has 1 aromatic carbocycles. The topological polar surface area (TPSA) is 21.3 Å². The minimum atomic E-state index is -0.278. The van der Waals surface area contributed by atoms with Crippen LogP contribution in [0.4, 0.5) is 4.39 Å². The summed E-state index contributed by atoms with van der Waals surface area (Å²) >= 11 is 0. The normalized spacial score (nSPS) is 26.4. The quantitative estimate of drug-likeness (QED) is 0.872. The van der Waals surface area contributed by atoms with Crippen LogP contribution in [0.25, 0.3) is 0 Å². The molecule has 0 aliphatic heterocycles. The van der Waals surface area contributed by atoms with Gasteiger partial charge in [0.15, 0.2) is 11.6 Å². The molecule has 2 rings (SSSR count). The Morgan fingerprint density at radius 2 is 2.12 bits per heavy atom. The molecule has 1 fully saturated rings. The minimum absolute atomic E-state index is 0.0466. The Labute approximate surface area is 102 Å². The van der Waals surface area contributed by atoms with Crippen LogP contribution < -0.4 is 10.1 Å². The second-order valence-corrected chi connectivity index (χ2v) is 5.44. The summed E-state index contributed by atoms with van der Waals surface area (Å²) in [5, 5.41) is 3.26. The maximum atomic E-state index is 13.6. The van der Waals surface area contributed by atoms with Gasteiger partial charge < -0.3 is 10.1 Å². The van der Waals surface area contributed by atoms with Crippen LogP contribution >= 0.6 is 0 Å². The molecule has 17 heavy (non-hydrogen) atoms. The molecule has 2 nitrogen and oxygen atoms in total. The Morgan fingerprint density at radius 3 is 2.71 bits per heavy atom. The van der Waals surface area contributed by atoms with Crippen molar-refractivity contribution in [2.45, 2.75) is 39.3 Å². The molecule has 1 aliphatic carbocycles. The third kappa shape index (κ3) is 2.16. The number of rotatable bonds is 3. The lowest BCUT2D eigenvalue weighted by Crippen LogP contribution is -2.61. The summed E-state index contributed by atoms with van der Waals surface area (Å²) in [7, 11) is 1.95. The maximum absolute atomic E-state index is 13.6. The number of ether oxygens (including phenoxy) is 1. The molecule has 94 valence electrons. The molecule has 1 aliphatic rings. The molecule has 2 unspecified atom stereocenters. The fourth-order valence-corrected chi connectivity index (χ4v) is 2.43. The standard InChI is InChI=1S/C14H20FNO/c1-9-5-6-10(15)11(7-9)17-13-8-12(16-4)14(13,2)3/h5-7,12-13,16H,8H2,1-4H3. The minimum Gasteiger partial charge on any atom is -0.487 e. The molecule has 1 aromatic rings. The predicted molar refractivity (Wildman–Crippen MR) is 66.8 cm³/mol. The van der Waals surface area contributed by atoms with Crippen molar-refractivity contribution in [3.63, 3.8) is 0 Å². The van der Waals surface area contributed by atoms with Gasteiger partial charge in [-0.05, 0) is 31.7 Å². The van der Waals surface area contributed by atoms with Crippen molar-refractivity contribution >= 4 is 0 Å². The fourth-order valence-electron chi connectivity index (χ4n) is 2.43. The maximum Gasteiger partial charge on any atom is 0.165 e. The van der Waals surface area contributed by atoms with Gasteiger partial charge in [-0.2, -0.15) is 0 Å². The molecule has 2 atom stereocenters. The third-order valence-corrected chi connectivity index (χ3v) is 3.88. The van der Waals surface area contributed by atoms with Gasteiger partial charge in [-0.25, -0.2) is 4.39 Å². The third-order valence-electron chi connectivity index (χ3n) is 3.88. The lowest BCUT2D eigenvalue weighted by atomic mass is 9.64. The highest BCUT2D eigenvalue weighted by Gasteiger charge is 2.49. The summed E-state index contributed by atoms with van der Waals surface area (Å²) in [6.07, 6.45) is 1.01. The van der Waals surface area contributed by atoms with Crippen LogP contribution in [0.2, 0.25) is 0 Å². The first-order valence-corrected chi connectivity index (χ1v) is 6.05. The van der Waals surface area contributed by atoms with Crippen molar-refractivity contribution in [2.24, 2.45) is 5.41 Å². The van der Waals surface area contributed by atoms with Gasteiger partial charge in [0.05, 0.1) is 0 Å². The molecule has 0 saturated heterocycles. The van der Waals surface area contributed by atoms with Crippen LogP contribution in [0.15, 0.2) is 18.2 Å². The summed E-state index contributed by atoms with van der Waals surface area (Å²) in [5.41, 5.74) is 1.06. The zero-order valence-electron chi connectivity index (χ0n) is 10.9.